The second-order valence-corrected chi connectivity index (χ2v) is 3.89. The van der Waals surface area contributed by atoms with Crippen LogP contribution in [-0.2, 0) is 4.79 Å². The Labute approximate surface area is 85.1 Å². The van der Waals surface area contributed by atoms with Gasteiger partial charge in [-0.3, -0.25) is 4.79 Å². The normalized spacial score (nSPS) is 15.8. The van der Waals surface area contributed by atoms with Gasteiger partial charge < -0.3 is 15.6 Å². The number of carboxylic acid groups (broad SMARTS) is 1. The van der Waals surface area contributed by atoms with Crippen LogP contribution in [0.4, 0.5) is 0 Å². The highest BCUT2D eigenvalue weighted by atomic mass is 32.2. The Hall–Kier alpha value is -1.20. The Balaban J connectivity index is 2.33. The zero-order valence-electron chi connectivity index (χ0n) is 7.27. The minimum Gasteiger partial charge on any atom is -0.481 e. The fourth-order valence-corrected chi connectivity index (χ4v) is 2.05. The second-order valence-electron chi connectivity index (χ2n) is 2.93. The van der Waals surface area contributed by atoms with Gasteiger partial charge in [0.2, 0.25) is 0 Å². The summed E-state index contributed by atoms with van der Waals surface area (Å²) in [7, 11) is 0. The van der Waals surface area contributed by atoms with Crippen molar-refractivity contribution >= 4 is 17.7 Å². The van der Waals surface area contributed by atoms with E-state index in [1.165, 1.54) is 0 Å². The Morgan fingerprint density at radius 2 is 2.43 bits per heavy atom. The van der Waals surface area contributed by atoms with Crippen molar-refractivity contribution in [2.75, 3.05) is 5.94 Å². The highest BCUT2D eigenvalue weighted by Gasteiger charge is 2.18. The van der Waals surface area contributed by atoms with E-state index in [1.54, 1.807) is 30.0 Å². The lowest BCUT2D eigenvalue weighted by molar-refractivity contribution is -0.138. The molecule has 1 aromatic carbocycles. The molecule has 0 saturated heterocycles. The third-order valence-electron chi connectivity index (χ3n) is 2.02. The van der Waals surface area contributed by atoms with E-state index in [9.17, 15) is 4.79 Å². The van der Waals surface area contributed by atoms with Gasteiger partial charge in [0.1, 0.15) is 17.7 Å². The maximum Gasteiger partial charge on any atom is 0.325 e. The molecule has 0 saturated carbocycles. The zero-order chi connectivity index (χ0) is 10.1. The average molecular weight is 211 g/mol. The summed E-state index contributed by atoms with van der Waals surface area (Å²) in [5, 5.41) is 8.72. The van der Waals surface area contributed by atoms with Crippen LogP contribution in [0.15, 0.2) is 23.1 Å². The Bertz CT molecular complexity index is 380. The summed E-state index contributed by atoms with van der Waals surface area (Å²) < 4.78 is 5.27. The van der Waals surface area contributed by atoms with Gasteiger partial charge in [-0.2, -0.15) is 0 Å². The molecule has 1 aliphatic heterocycles. The van der Waals surface area contributed by atoms with E-state index in [2.05, 4.69) is 0 Å². The van der Waals surface area contributed by atoms with Gasteiger partial charge in [-0.1, -0.05) is 17.8 Å². The van der Waals surface area contributed by atoms with Crippen molar-refractivity contribution in [1.82, 2.24) is 0 Å². The van der Waals surface area contributed by atoms with E-state index in [1.807, 2.05) is 0 Å². The first kappa shape index (κ1) is 9.36. The van der Waals surface area contributed by atoms with Crippen LogP contribution in [0, 0.1) is 0 Å². The van der Waals surface area contributed by atoms with E-state index >= 15 is 0 Å². The number of nitrogens with two attached hydrogens (primary N) is 1. The topological polar surface area (TPSA) is 72.6 Å². The van der Waals surface area contributed by atoms with E-state index < -0.39 is 12.0 Å². The summed E-state index contributed by atoms with van der Waals surface area (Å²) in [6.07, 6.45) is 0. The first-order valence-corrected chi connectivity index (χ1v) is 5.05. The predicted molar refractivity (Wildman–Crippen MR) is 52.4 cm³/mol. The third kappa shape index (κ3) is 1.56. The van der Waals surface area contributed by atoms with E-state index in [4.69, 9.17) is 15.6 Å². The molecule has 0 spiro atoms. The number of carbonyl (C=O) groups is 1. The van der Waals surface area contributed by atoms with Crippen molar-refractivity contribution in [2.45, 2.75) is 10.9 Å². The monoisotopic (exact) mass is 211 g/mol. The zero-order valence-corrected chi connectivity index (χ0v) is 8.08. The molecule has 4 nitrogen and oxygen atoms in total. The molecule has 74 valence electrons. The summed E-state index contributed by atoms with van der Waals surface area (Å²) in [6, 6.07) is 4.25. The quantitative estimate of drug-likeness (QED) is 0.769. The number of aliphatic carboxylic acids is 1. The van der Waals surface area contributed by atoms with Crippen molar-refractivity contribution < 1.29 is 14.6 Å². The molecule has 5 heteroatoms. The first-order valence-electron chi connectivity index (χ1n) is 4.06. The molecule has 0 fully saturated rings. The number of rotatable bonds is 2. The predicted octanol–water partition coefficient (Wildman–Crippen LogP) is 1.21. The van der Waals surface area contributed by atoms with Gasteiger partial charge in [0.25, 0.3) is 0 Å². The number of thioether (sulfide) groups is 1. The number of hydrogen-bond donors (Lipinski definition) is 2. The van der Waals surface area contributed by atoms with Crippen LogP contribution in [0.5, 0.6) is 5.75 Å². The van der Waals surface area contributed by atoms with Gasteiger partial charge in [-0.15, -0.1) is 0 Å². The van der Waals surface area contributed by atoms with Crippen LogP contribution < -0.4 is 10.5 Å². The molecule has 3 N–H and O–H groups in total. The maximum absolute atomic E-state index is 10.6. The van der Waals surface area contributed by atoms with Gasteiger partial charge in [0.05, 0.1) is 4.90 Å². The number of carboxylic acids is 1. The molecule has 1 atom stereocenters. The summed E-state index contributed by atoms with van der Waals surface area (Å²) in [6.45, 7) is 0. The minimum atomic E-state index is -1.02. The van der Waals surface area contributed by atoms with Crippen LogP contribution in [0.1, 0.15) is 11.6 Å². The molecule has 1 aromatic rings. The molecule has 1 aliphatic rings. The largest absolute Gasteiger partial charge is 0.481 e. The molecule has 0 amide bonds. The van der Waals surface area contributed by atoms with Gasteiger partial charge in [-0.05, 0) is 17.7 Å². The molecule has 1 unspecified atom stereocenters. The van der Waals surface area contributed by atoms with E-state index in [0.717, 1.165) is 10.6 Å². The average Bonchev–Trinajstić information content (AvgIpc) is 2.62. The molecule has 2 rings (SSSR count). The third-order valence-corrected chi connectivity index (χ3v) is 2.89. The van der Waals surface area contributed by atoms with Crippen LogP contribution in [0.25, 0.3) is 0 Å². The number of fused-ring (bicyclic) bond motifs is 1. The van der Waals surface area contributed by atoms with Crippen molar-refractivity contribution in [3.63, 3.8) is 0 Å². The molecule has 0 bridgehead atoms. The lowest BCUT2D eigenvalue weighted by Gasteiger charge is -2.07. The second kappa shape index (κ2) is 3.51. The van der Waals surface area contributed by atoms with Crippen LogP contribution in [0.3, 0.4) is 0 Å². The fraction of sp³-hybridized carbons (Fsp3) is 0.222. The molecular formula is C9H9NO3S. The summed E-state index contributed by atoms with van der Waals surface area (Å²) >= 11 is 1.54. The van der Waals surface area contributed by atoms with Crippen molar-refractivity contribution in [3.05, 3.63) is 23.8 Å². The summed E-state index contributed by atoms with van der Waals surface area (Å²) in [5.41, 5.74) is 6.09. The Kier molecular flexibility index (Phi) is 2.35. The smallest absolute Gasteiger partial charge is 0.325 e. The number of hydrogen-bond acceptors (Lipinski definition) is 4. The molecule has 0 aliphatic carbocycles. The van der Waals surface area contributed by atoms with Gasteiger partial charge >= 0.3 is 5.97 Å². The van der Waals surface area contributed by atoms with Gasteiger partial charge in [0.15, 0.2) is 0 Å². The highest BCUT2D eigenvalue weighted by molar-refractivity contribution is 7.99. The highest BCUT2D eigenvalue weighted by Crippen LogP contribution is 2.37. The molecule has 14 heavy (non-hydrogen) atoms. The number of benzene rings is 1. The summed E-state index contributed by atoms with van der Waals surface area (Å²) in [4.78, 5) is 11.6. The first-order chi connectivity index (χ1) is 6.68. The standard InChI is InChI=1S/C9H9NO3S/c10-8(9(11)12)5-1-2-6-7(3-5)14-4-13-6/h1-3,8H,4,10H2,(H,11,12). The lowest BCUT2D eigenvalue weighted by atomic mass is 10.1. The van der Waals surface area contributed by atoms with Crippen molar-refractivity contribution in [1.29, 1.82) is 0 Å². The van der Waals surface area contributed by atoms with Gasteiger partial charge in [0, 0.05) is 0 Å². The molecule has 1 heterocycles. The molecular weight excluding hydrogens is 202 g/mol. The Morgan fingerprint density at radius 3 is 3.14 bits per heavy atom. The van der Waals surface area contributed by atoms with Crippen LogP contribution >= 0.6 is 11.8 Å². The van der Waals surface area contributed by atoms with Crippen LogP contribution in [-0.4, -0.2) is 17.0 Å². The lowest BCUT2D eigenvalue weighted by Crippen LogP contribution is -2.20. The summed E-state index contributed by atoms with van der Waals surface area (Å²) in [5.74, 6) is 0.367. The maximum atomic E-state index is 10.6. The SMILES string of the molecule is NC(C(=O)O)c1ccc2c(c1)SCO2. The van der Waals surface area contributed by atoms with Crippen molar-refractivity contribution in [3.8, 4) is 5.75 Å². The minimum absolute atomic E-state index is 0.584. The van der Waals surface area contributed by atoms with Gasteiger partial charge in [-0.25, -0.2) is 0 Å². The molecule has 0 aromatic heterocycles. The fourth-order valence-electron chi connectivity index (χ4n) is 1.25. The molecule has 0 radical (unpaired) electrons. The Morgan fingerprint density at radius 1 is 1.64 bits per heavy atom. The van der Waals surface area contributed by atoms with E-state index in [0.29, 0.717) is 11.5 Å². The van der Waals surface area contributed by atoms with E-state index in [-0.39, 0.29) is 0 Å². The number of ether oxygens (including phenoxy) is 1. The van der Waals surface area contributed by atoms with Crippen molar-refractivity contribution in [2.24, 2.45) is 5.73 Å². The van der Waals surface area contributed by atoms with Crippen LogP contribution in [0.2, 0.25) is 0 Å².